The van der Waals surface area contributed by atoms with E-state index in [9.17, 15) is 22.0 Å². The first-order valence-corrected chi connectivity index (χ1v) is 6.70. The lowest BCUT2D eigenvalue weighted by Crippen LogP contribution is -2.30. The Bertz CT molecular complexity index is 462. The lowest BCUT2D eigenvalue weighted by atomic mass is 9.76. The van der Waals surface area contributed by atoms with Crippen molar-refractivity contribution in [1.29, 1.82) is 0 Å². The van der Waals surface area contributed by atoms with E-state index < -0.39 is 17.9 Å². The number of hydrogen-bond donors (Lipinski definition) is 1. The van der Waals surface area contributed by atoms with Gasteiger partial charge in [0.1, 0.15) is 0 Å². The summed E-state index contributed by atoms with van der Waals surface area (Å²) in [5.74, 6) is -4.22. The predicted molar refractivity (Wildman–Crippen MR) is 65.7 cm³/mol. The average Bonchev–Trinajstić information content (AvgIpc) is 2.41. The second kappa shape index (κ2) is 5.82. The highest BCUT2D eigenvalue weighted by atomic mass is 19.4. The molecule has 1 heterocycles. The number of hydrogen-bond acceptors (Lipinski definition) is 3. The van der Waals surface area contributed by atoms with Gasteiger partial charge in [-0.1, -0.05) is 0 Å². The predicted octanol–water partition coefficient (Wildman–Crippen LogP) is 3.36. The summed E-state index contributed by atoms with van der Waals surface area (Å²) in [6.07, 6.45) is -2.22. The van der Waals surface area contributed by atoms with Crippen molar-refractivity contribution in [3.63, 3.8) is 0 Å². The van der Waals surface area contributed by atoms with E-state index in [0.717, 1.165) is 12.4 Å². The minimum absolute atomic E-state index is 0.0741. The third-order valence-corrected chi connectivity index (χ3v) is 3.94. The van der Waals surface area contributed by atoms with E-state index in [2.05, 4.69) is 9.97 Å². The van der Waals surface area contributed by atoms with Gasteiger partial charge < -0.3 is 5.73 Å². The largest absolute Gasteiger partial charge is 0.451 e. The fourth-order valence-corrected chi connectivity index (χ4v) is 2.74. The SMILES string of the molecule is NCC(c1cnc(C(F)(F)F)nc1)C1CCC(F)(F)CC1. The van der Waals surface area contributed by atoms with E-state index in [4.69, 9.17) is 5.73 Å². The van der Waals surface area contributed by atoms with Gasteiger partial charge in [-0.15, -0.1) is 0 Å². The number of halogens is 5. The Morgan fingerprint density at radius 3 is 2.14 bits per heavy atom. The minimum Gasteiger partial charge on any atom is -0.330 e. The van der Waals surface area contributed by atoms with Gasteiger partial charge in [0.2, 0.25) is 11.7 Å². The molecule has 1 aromatic rings. The summed E-state index contributed by atoms with van der Waals surface area (Å²) in [5, 5.41) is 0. The maximum atomic E-state index is 13.2. The second-order valence-electron chi connectivity index (χ2n) is 5.37. The molecule has 1 aliphatic rings. The van der Waals surface area contributed by atoms with Crippen molar-refractivity contribution in [3.8, 4) is 0 Å². The normalized spacial score (nSPS) is 21.2. The van der Waals surface area contributed by atoms with E-state index in [0.29, 0.717) is 18.4 Å². The van der Waals surface area contributed by atoms with Crippen LogP contribution in [0.1, 0.15) is 43.0 Å². The summed E-state index contributed by atoms with van der Waals surface area (Å²) >= 11 is 0. The molecule has 1 aliphatic carbocycles. The highest BCUT2D eigenvalue weighted by Gasteiger charge is 2.38. The van der Waals surface area contributed by atoms with Gasteiger partial charge in [-0.05, 0) is 30.9 Å². The molecule has 1 aromatic heterocycles. The van der Waals surface area contributed by atoms with Crippen LogP contribution in [0.15, 0.2) is 12.4 Å². The van der Waals surface area contributed by atoms with Gasteiger partial charge in [0.05, 0.1) is 0 Å². The molecule has 2 N–H and O–H groups in total. The van der Waals surface area contributed by atoms with Crippen LogP contribution in [-0.4, -0.2) is 22.4 Å². The second-order valence-corrected chi connectivity index (χ2v) is 5.37. The third-order valence-electron chi connectivity index (χ3n) is 3.94. The molecule has 0 radical (unpaired) electrons. The Morgan fingerprint density at radius 2 is 1.71 bits per heavy atom. The lowest BCUT2D eigenvalue weighted by Gasteiger charge is -2.33. The lowest BCUT2D eigenvalue weighted by molar-refractivity contribution is -0.145. The van der Waals surface area contributed by atoms with Crippen LogP contribution in [0.3, 0.4) is 0 Å². The monoisotopic (exact) mass is 309 g/mol. The Kier molecular flexibility index (Phi) is 4.46. The van der Waals surface area contributed by atoms with Crippen molar-refractivity contribution in [2.24, 2.45) is 11.7 Å². The Labute approximate surface area is 118 Å². The molecule has 1 saturated carbocycles. The molecule has 1 unspecified atom stereocenters. The van der Waals surface area contributed by atoms with E-state index in [1.54, 1.807) is 0 Å². The van der Waals surface area contributed by atoms with Crippen LogP contribution < -0.4 is 5.73 Å². The van der Waals surface area contributed by atoms with Crippen LogP contribution in [0.25, 0.3) is 0 Å². The zero-order chi connectivity index (χ0) is 15.7. The Hall–Kier alpha value is -1.31. The number of rotatable bonds is 3. The fourth-order valence-electron chi connectivity index (χ4n) is 2.74. The molecule has 1 atom stereocenters. The summed E-state index contributed by atoms with van der Waals surface area (Å²) < 4.78 is 63.5. The third kappa shape index (κ3) is 3.87. The molecule has 0 saturated heterocycles. The van der Waals surface area contributed by atoms with Crippen molar-refractivity contribution < 1.29 is 22.0 Å². The first-order chi connectivity index (χ1) is 9.73. The molecule has 8 heteroatoms. The summed E-state index contributed by atoms with van der Waals surface area (Å²) in [6, 6.07) is 0. The molecule has 1 fully saturated rings. The van der Waals surface area contributed by atoms with E-state index in [1.807, 2.05) is 0 Å². The maximum absolute atomic E-state index is 13.2. The topological polar surface area (TPSA) is 51.8 Å². The highest BCUT2D eigenvalue weighted by Crippen LogP contribution is 2.41. The number of nitrogens with zero attached hydrogens (tertiary/aromatic N) is 2. The molecule has 0 aliphatic heterocycles. The fraction of sp³-hybridized carbons (Fsp3) is 0.692. The highest BCUT2D eigenvalue weighted by molar-refractivity contribution is 5.15. The van der Waals surface area contributed by atoms with Gasteiger partial charge >= 0.3 is 6.18 Å². The number of alkyl halides is 5. The average molecular weight is 309 g/mol. The van der Waals surface area contributed by atoms with Crippen LogP contribution in [0, 0.1) is 5.92 Å². The summed E-state index contributed by atoms with van der Waals surface area (Å²) in [4.78, 5) is 6.60. The first-order valence-electron chi connectivity index (χ1n) is 6.70. The summed E-state index contributed by atoms with van der Waals surface area (Å²) in [6.45, 7) is 0.172. The quantitative estimate of drug-likeness (QED) is 0.871. The molecule has 0 aromatic carbocycles. The first kappa shape index (κ1) is 16.1. The van der Waals surface area contributed by atoms with E-state index in [-0.39, 0.29) is 31.2 Å². The zero-order valence-corrected chi connectivity index (χ0v) is 11.2. The molecule has 118 valence electrons. The van der Waals surface area contributed by atoms with Crippen molar-refractivity contribution in [1.82, 2.24) is 9.97 Å². The minimum atomic E-state index is -4.59. The van der Waals surface area contributed by atoms with Crippen LogP contribution in [0.4, 0.5) is 22.0 Å². The zero-order valence-electron chi connectivity index (χ0n) is 11.2. The van der Waals surface area contributed by atoms with Crippen LogP contribution >= 0.6 is 0 Å². The number of nitrogens with two attached hydrogens (primary N) is 1. The molecule has 2 rings (SSSR count). The van der Waals surface area contributed by atoms with Crippen LogP contribution in [0.2, 0.25) is 0 Å². The molecule has 21 heavy (non-hydrogen) atoms. The van der Waals surface area contributed by atoms with E-state index >= 15 is 0 Å². The summed E-state index contributed by atoms with van der Waals surface area (Å²) in [5.41, 5.74) is 6.13. The standard InChI is InChI=1S/C13H16F5N3/c14-12(15)3-1-8(2-4-12)10(5-19)9-6-20-11(21-7-9)13(16,17)18/h6-8,10H,1-5,19H2. The number of aromatic nitrogens is 2. The molecule has 0 amide bonds. The molecule has 0 bridgehead atoms. The molecular weight excluding hydrogens is 293 g/mol. The Morgan fingerprint density at radius 1 is 1.19 bits per heavy atom. The van der Waals surface area contributed by atoms with Crippen molar-refractivity contribution in [2.75, 3.05) is 6.54 Å². The van der Waals surface area contributed by atoms with Crippen molar-refractivity contribution in [2.45, 2.75) is 43.7 Å². The molecule has 3 nitrogen and oxygen atoms in total. The smallest absolute Gasteiger partial charge is 0.330 e. The van der Waals surface area contributed by atoms with Gasteiger partial charge in [0.15, 0.2) is 0 Å². The van der Waals surface area contributed by atoms with Crippen LogP contribution in [-0.2, 0) is 6.18 Å². The maximum Gasteiger partial charge on any atom is 0.451 e. The van der Waals surface area contributed by atoms with Crippen LogP contribution in [0.5, 0.6) is 0 Å². The van der Waals surface area contributed by atoms with Gasteiger partial charge in [0, 0.05) is 31.2 Å². The van der Waals surface area contributed by atoms with Gasteiger partial charge in [0.25, 0.3) is 0 Å². The summed E-state index contributed by atoms with van der Waals surface area (Å²) in [7, 11) is 0. The van der Waals surface area contributed by atoms with Gasteiger partial charge in [-0.3, -0.25) is 0 Å². The molecule has 0 spiro atoms. The van der Waals surface area contributed by atoms with E-state index in [1.165, 1.54) is 0 Å². The van der Waals surface area contributed by atoms with Gasteiger partial charge in [-0.2, -0.15) is 13.2 Å². The van der Waals surface area contributed by atoms with Gasteiger partial charge in [-0.25, -0.2) is 18.7 Å². The Balaban J connectivity index is 2.11. The molecular formula is C13H16F5N3. The van der Waals surface area contributed by atoms with Crippen molar-refractivity contribution >= 4 is 0 Å². The van der Waals surface area contributed by atoms with Crippen molar-refractivity contribution in [3.05, 3.63) is 23.8 Å².